The number of carbonyl (C=O) groups is 2. The first kappa shape index (κ1) is 22.4. The molecule has 0 aliphatic rings. The molecule has 0 aromatic heterocycles. The molecular weight excluding hydrogens is 362 g/mol. The number of allylic oxidation sites excluding steroid dienone is 1. The minimum Gasteiger partial charge on any atom is -0.490 e. The third kappa shape index (κ3) is 6.05. The molecule has 0 saturated heterocycles. The Morgan fingerprint density at radius 1 is 0.966 bits per heavy atom. The zero-order valence-electron chi connectivity index (χ0n) is 18.4. The third-order valence-corrected chi connectivity index (χ3v) is 4.48. The van der Waals surface area contributed by atoms with E-state index in [0.29, 0.717) is 11.1 Å². The Hall–Kier alpha value is -2.88. The second-order valence-corrected chi connectivity index (χ2v) is 8.64. The van der Waals surface area contributed by atoms with Crippen molar-refractivity contribution in [2.45, 2.75) is 46.1 Å². The van der Waals surface area contributed by atoms with Gasteiger partial charge in [0.15, 0.2) is 5.78 Å². The summed E-state index contributed by atoms with van der Waals surface area (Å²) >= 11 is 0. The summed E-state index contributed by atoms with van der Waals surface area (Å²) in [4.78, 5) is 26.1. The van der Waals surface area contributed by atoms with Crippen molar-refractivity contribution in [3.63, 3.8) is 0 Å². The number of hydrogen-bond donors (Lipinski definition) is 0. The van der Waals surface area contributed by atoms with Gasteiger partial charge in [-0.2, -0.15) is 0 Å². The zero-order valence-corrected chi connectivity index (χ0v) is 18.4. The van der Waals surface area contributed by atoms with Gasteiger partial charge in [-0.05, 0) is 61.2 Å². The highest BCUT2D eigenvalue weighted by atomic mass is 16.5. The number of ether oxygens (including phenoxy) is 1. The van der Waals surface area contributed by atoms with Crippen LogP contribution in [0.15, 0.2) is 48.5 Å². The van der Waals surface area contributed by atoms with Crippen LogP contribution in [0.1, 0.15) is 66.5 Å². The van der Waals surface area contributed by atoms with Crippen molar-refractivity contribution in [1.82, 2.24) is 4.90 Å². The van der Waals surface area contributed by atoms with E-state index in [1.54, 1.807) is 50.5 Å². The summed E-state index contributed by atoms with van der Waals surface area (Å²) < 4.78 is 5.91. The van der Waals surface area contributed by atoms with Crippen molar-refractivity contribution >= 4 is 17.8 Å². The van der Waals surface area contributed by atoms with Gasteiger partial charge in [0, 0.05) is 30.8 Å². The molecule has 2 aromatic rings. The van der Waals surface area contributed by atoms with Crippen molar-refractivity contribution in [3.8, 4) is 5.75 Å². The van der Waals surface area contributed by atoms with Gasteiger partial charge in [0.2, 0.25) is 0 Å². The fraction of sp³-hybridized carbons (Fsp3) is 0.360. The molecule has 2 aromatic carbocycles. The van der Waals surface area contributed by atoms with Crippen LogP contribution >= 0.6 is 0 Å². The predicted molar refractivity (Wildman–Crippen MR) is 119 cm³/mol. The molecule has 4 nitrogen and oxygen atoms in total. The maximum Gasteiger partial charge on any atom is 0.253 e. The van der Waals surface area contributed by atoms with E-state index < -0.39 is 0 Å². The first-order valence-corrected chi connectivity index (χ1v) is 9.84. The summed E-state index contributed by atoms with van der Waals surface area (Å²) in [6.45, 7) is 10.4. The van der Waals surface area contributed by atoms with Crippen molar-refractivity contribution in [2.24, 2.45) is 0 Å². The highest BCUT2D eigenvalue weighted by molar-refractivity contribution is 6.07. The van der Waals surface area contributed by atoms with Gasteiger partial charge in [-0.1, -0.05) is 39.0 Å². The Bertz CT molecular complexity index is 901. The third-order valence-electron chi connectivity index (χ3n) is 4.48. The van der Waals surface area contributed by atoms with Crippen LogP contribution in [-0.4, -0.2) is 36.8 Å². The second kappa shape index (κ2) is 9.08. The number of benzene rings is 2. The summed E-state index contributed by atoms with van der Waals surface area (Å²) in [5.41, 5.74) is 3.14. The molecule has 0 radical (unpaired) electrons. The van der Waals surface area contributed by atoms with E-state index in [2.05, 4.69) is 32.9 Å². The van der Waals surface area contributed by atoms with Gasteiger partial charge in [-0.3, -0.25) is 9.59 Å². The SMILES string of the molecule is CC(C)Oc1ccc(C(C)(C)C)cc1/C=C/C(=O)c1ccc(C(=O)N(C)C)cc1. The van der Waals surface area contributed by atoms with Gasteiger partial charge in [-0.25, -0.2) is 0 Å². The van der Waals surface area contributed by atoms with E-state index in [4.69, 9.17) is 4.74 Å². The smallest absolute Gasteiger partial charge is 0.253 e. The van der Waals surface area contributed by atoms with Gasteiger partial charge in [0.05, 0.1) is 6.10 Å². The van der Waals surface area contributed by atoms with E-state index >= 15 is 0 Å². The summed E-state index contributed by atoms with van der Waals surface area (Å²) in [5.74, 6) is 0.545. The van der Waals surface area contributed by atoms with E-state index in [1.165, 1.54) is 10.5 Å². The van der Waals surface area contributed by atoms with Gasteiger partial charge in [0.1, 0.15) is 5.75 Å². The lowest BCUT2D eigenvalue weighted by atomic mass is 9.86. The Kier molecular flexibility index (Phi) is 7.02. The van der Waals surface area contributed by atoms with Crippen molar-refractivity contribution in [2.75, 3.05) is 14.1 Å². The average molecular weight is 394 g/mol. The first-order chi connectivity index (χ1) is 13.5. The maximum atomic E-state index is 12.6. The standard InChI is InChI=1S/C25H31NO3/c1-17(2)29-23-15-13-21(25(3,4)5)16-20(23)12-14-22(27)18-8-10-19(11-9-18)24(28)26(6)7/h8-17H,1-7H3/b14-12+. The van der Waals surface area contributed by atoms with Gasteiger partial charge < -0.3 is 9.64 Å². The molecule has 0 aliphatic heterocycles. The minimum absolute atomic E-state index is 0.00222. The fourth-order valence-electron chi connectivity index (χ4n) is 2.80. The van der Waals surface area contributed by atoms with Gasteiger partial charge >= 0.3 is 0 Å². The number of amides is 1. The van der Waals surface area contributed by atoms with E-state index in [0.717, 1.165) is 11.3 Å². The van der Waals surface area contributed by atoms with Crippen LogP contribution < -0.4 is 4.74 Å². The lowest BCUT2D eigenvalue weighted by Crippen LogP contribution is -2.21. The van der Waals surface area contributed by atoms with E-state index in [9.17, 15) is 9.59 Å². The quantitative estimate of drug-likeness (QED) is 0.490. The Balaban J connectivity index is 2.29. The highest BCUT2D eigenvalue weighted by Crippen LogP contribution is 2.29. The van der Waals surface area contributed by atoms with Crippen LogP contribution in [0, 0.1) is 0 Å². The van der Waals surface area contributed by atoms with Crippen LogP contribution in [0.5, 0.6) is 5.75 Å². The number of rotatable bonds is 6. The highest BCUT2D eigenvalue weighted by Gasteiger charge is 2.16. The molecule has 0 saturated carbocycles. The molecule has 0 spiro atoms. The summed E-state index contributed by atoms with van der Waals surface area (Å²) in [5, 5.41) is 0. The molecular formula is C25H31NO3. The molecule has 154 valence electrons. The molecule has 2 rings (SSSR count). The molecule has 0 heterocycles. The van der Waals surface area contributed by atoms with E-state index in [1.807, 2.05) is 19.9 Å². The lowest BCUT2D eigenvalue weighted by Gasteiger charge is -2.21. The molecule has 29 heavy (non-hydrogen) atoms. The number of nitrogens with zero attached hydrogens (tertiary/aromatic N) is 1. The molecule has 0 bridgehead atoms. The van der Waals surface area contributed by atoms with Crippen LogP contribution in [0.4, 0.5) is 0 Å². The number of hydrogen-bond acceptors (Lipinski definition) is 3. The Morgan fingerprint density at radius 3 is 2.07 bits per heavy atom. The summed E-state index contributed by atoms with van der Waals surface area (Å²) in [6, 6.07) is 12.8. The molecule has 1 amide bonds. The Labute approximate surface area is 174 Å². The summed E-state index contributed by atoms with van der Waals surface area (Å²) in [6.07, 6.45) is 3.39. The second-order valence-electron chi connectivity index (χ2n) is 8.64. The lowest BCUT2D eigenvalue weighted by molar-refractivity contribution is 0.0827. The number of ketones is 1. The summed E-state index contributed by atoms with van der Waals surface area (Å²) in [7, 11) is 3.40. The normalized spacial score (nSPS) is 11.7. The molecule has 0 N–H and O–H groups in total. The van der Waals surface area contributed by atoms with Crippen LogP contribution in [0.2, 0.25) is 0 Å². The topological polar surface area (TPSA) is 46.6 Å². The van der Waals surface area contributed by atoms with Crippen LogP contribution in [0.25, 0.3) is 6.08 Å². The monoisotopic (exact) mass is 393 g/mol. The van der Waals surface area contributed by atoms with Crippen molar-refractivity contribution in [3.05, 3.63) is 70.8 Å². The molecule has 0 aliphatic carbocycles. The maximum absolute atomic E-state index is 12.6. The number of carbonyl (C=O) groups excluding carboxylic acids is 2. The molecule has 0 unspecified atom stereocenters. The largest absolute Gasteiger partial charge is 0.490 e. The van der Waals surface area contributed by atoms with Crippen molar-refractivity contribution < 1.29 is 14.3 Å². The van der Waals surface area contributed by atoms with Gasteiger partial charge in [0.25, 0.3) is 5.91 Å². The van der Waals surface area contributed by atoms with E-state index in [-0.39, 0.29) is 23.2 Å². The van der Waals surface area contributed by atoms with Crippen molar-refractivity contribution in [1.29, 1.82) is 0 Å². The van der Waals surface area contributed by atoms with Crippen LogP contribution in [0.3, 0.4) is 0 Å². The first-order valence-electron chi connectivity index (χ1n) is 9.84. The molecule has 0 fully saturated rings. The van der Waals surface area contributed by atoms with Gasteiger partial charge in [-0.15, -0.1) is 0 Å². The average Bonchev–Trinajstić information content (AvgIpc) is 2.65. The Morgan fingerprint density at radius 2 is 1.55 bits per heavy atom. The fourth-order valence-corrected chi connectivity index (χ4v) is 2.80. The van der Waals surface area contributed by atoms with Crippen LogP contribution in [-0.2, 0) is 5.41 Å². The molecule has 0 atom stereocenters. The predicted octanol–water partition coefficient (Wildman–Crippen LogP) is 5.37. The zero-order chi connectivity index (χ0) is 21.8. The molecule has 4 heteroatoms. The minimum atomic E-state index is -0.120.